The maximum Gasteiger partial charge on any atom is 0.138 e. The van der Waals surface area contributed by atoms with Gasteiger partial charge in [-0.1, -0.05) is 55.5 Å². The molecule has 0 amide bonds. The maximum atomic E-state index is 9.87. The van der Waals surface area contributed by atoms with Crippen molar-refractivity contribution in [1.82, 2.24) is 0 Å². The molecule has 0 aliphatic carbocycles. The van der Waals surface area contributed by atoms with E-state index in [0.717, 1.165) is 5.69 Å². The number of anilines is 1. The Balaban J connectivity index is 2.30. The van der Waals surface area contributed by atoms with Gasteiger partial charge in [-0.25, -0.2) is 0 Å². The zero-order valence-corrected chi connectivity index (χ0v) is 11.1. The van der Waals surface area contributed by atoms with Crippen LogP contribution in [0.5, 0.6) is 5.75 Å². The van der Waals surface area contributed by atoms with Crippen molar-refractivity contribution in [2.75, 3.05) is 5.32 Å². The van der Waals surface area contributed by atoms with Crippen LogP contribution in [-0.4, -0.2) is 5.11 Å². The molecule has 0 aliphatic heterocycles. The summed E-state index contributed by atoms with van der Waals surface area (Å²) < 4.78 is 0. The van der Waals surface area contributed by atoms with Crippen molar-refractivity contribution in [3.8, 4) is 5.75 Å². The Morgan fingerprint density at radius 3 is 2.32 bits per heavy atom. The fourth-order valence-corrected chi connectivity index (χ4v) is 2.08. The maximum absolute atomic E-state index is 9.87. The van der Waals surface area contributed by atoms with Gasteiger partial charge in [0.1, 0.15) is 5.75 Å². The van der Waals surface area contributed by atoms with Crippen molar-refractivity contribution in [3.63, 3.8) is 0 Å². The Labute approximate surface area is 114 Å². The monoisotopic (exact) mass is 253 g/mol. The predicted molar refractivity (Wildman–Crippen MR) is 80.3 cm³/mol. The smallest absolute Gasteiger partial charge is 0.138 e. The number of hydrogen-bond donors (Lipinski definition) is 2. The second kappa shape index (κ2) is 6.10. The van der Waals surface area contributed by atoms with Crippen LogP contribution in [0.2, 0.25) is 0 Å². The Morgan fingerprint density at radius 2 is 1.68 bits per heavy atom. The summed E-state index contributed by atoms with van der Waals surface area (Å²) >= 11 is 0. The minimum absolute atomic E-state index is 0.0898. The fraction of sp³-hybridized carbons (Fsp3) is 0.176. The van der Waals surface area contributed by atoms with Crippen LogP contribution in [0, 0.1) is 5.92 Å². The zero-order chi connectivity index (χ0) is 13.7. The molecule has 0 saturated carbocycles. The highest BCUT2D eigenvalue weighted by Crippen LogP contribution is 2.31. The number of hydrogen-bond acceptors (Lipinski definition) is 2. The van der Waals surface area contributed by atoms with Gasteiger partial charge >= 0.3 is 0 Å². The Bertz CT molecular complexity index is 536. The topological polar surface area (TPSA) is 32.3 Å². The van der Waals surface area contributed by atoms with E-state index in [4.69, 9.17) is 0 Å². The van der Waals surface area contributed by atoms with E-state index in [9.17, 15) is 5.11 Å². The first kappa shape index (κ1) is 13.2. The highest BCUT2D eigenvalue weighted by molar-refractivity contribution is 5.56. The minimum Gasteiger partial charge on any atom is -0.506 e. The molecule has 0 spiro atoms. The van der Waals surface area contributed by atoms with E-state index >= 15 is 0 Å². The number of phenolic OH excluding ortho intramolecular Hbond substituents is 1. The third kappa shape index (κ3) is 3.16. The summed E-state index contributed by atoms with van der Waals surface area (Å²) in [5.74, 6) is 0.515. The highest BCUT2D eigenvalue weighted by Gasteiger charge is 2.17. The van der Waals surface area contributed by atoms with Crippen LogP contribution >= 0.6 is 0 Å². The molecule has 0 bridgehead atoms. The van der Waals surface area contributed by atoms with Gasteiger partial charge < -0.3 is 10.4 Å². The van der Waals surface area contributed by atoms with Gasteiger partial charge in [-0.05, 0) is 23.6 Å². The Morgan fingerprint density at radius 1 is 1.05 bits per heavy atom. The van der Waals surface area contributed by atoms with Gasteiger partial charge in [-0.2, -0.15) is 0 Å². The average Bonchev–Trinajstić information content (AvgIpc) is 2.46. The van der Waals surface area contributed by atoms with Crippen molar-refractivity contribution < 1.29 is 5.11 Å². The molecule has 0 unspecified atom stereocenters. The molecular weight excluding hydrogens is 234 g/mol. The van der Waals surface area contributed by atoms with Gasteiger partial charge in [0.2, 0.25) is 0 Å². The molecule has 0 aliphatic rings. The molecule has 0 saturated heterocycles. The molecule has 2 aromatic rings. The van der Waals surface area contributed by atoms with Crippen LogP contribution in [0.4, 0.5) is 5.69 Å². The summed E-state index contributed by atoms with van der Waals surface area (Å²) in [5, 5.41) is 13.3. The van der Waals surface area contributed by atoms with Gasteiger partial charge in [-0.3, -0.25) is 0 Å². The Kier molecular flexibility index (Phi) is 4.24. The second-order valence-corrected chi connectivity index (χ2v) is 4.64. The minimum atomic E-state index is 0.0898. The first-order valence-electron chi connectivity index (χ1n) is 6.44. The van der Waals surface area contributed by atoms with Crippen LogP contribution in [-0.2, 0) is 0 Å². The molecule has 0 fully saturated rings. The van der Waals surface area contributed by atoms with Gasteiger partial charge in [0.15, 0.2) is 0 Å². The third-order valence-electron chi connectivity index (χ3n) is 3.27. The van der Waals surface area contributed by atoms with Crippen LogP contribution in [0.25, 0.3) is 0 Å². The molecule has 98 valence electrons. The van der Waals surface area contributed by atoms with E-state index in [2.05, 4.69) is 31.0 Å². The summed E-state index contributed by atoms with van der Waals surface area (Å²) in [6.45, 7) is 5.98. The van der Waals surface area contributed by atoms with Gasteiger partial charge in [0.25, 0.3) is 0 Å². The normalized spacial score (nSPS) is 13.5. The summed E-state index contributed by atoms with van der Waals surface area (Å²) in [6.07, 6.45) is 1.92. The summed E-state index contributed by atoms with van der Waals surface area (Å²) in [6, 6.07) is 17.6. The van der Waals surface area contributed by atoms with Gasteiger partial charge in [-0.15, -0.1) is 6.58 Å². The molecule has 2 heteroatoms. The van der Waals surface area contributed by atoms with Crippen LogP contribution in [0.1, 0.15) is 18.5 Å². The lowest BCUT2D eigenvalue weighted by molar-refractivity contribution is 0.475. The van der Waals surface area contributed by atoms with Crippen LogP contribution < -0.4 is 5.32 Å². The molecule has 2 nitrogen and oxygen atoms in total. The third-order valence-corrected chi connectivity index (χ3v) is 3.27. The first-order valence-corrected chi connectivity index (χ1v) is 6.44. The molecule has 2 rings (SSSR count). The molecule has 0 radical (unpaired) electrons. The number of para-hydroxylation sites is 2. The number of aromatic hydroxyl groups is 1. The number of benzene rings is 2. The summed E-state index contributed by atoms with van der Waals surface area (Å²) in [4.78, 5) is 0. The number of phenols is 1. The lowest BCUT2D eigenvalue weighted by atomic mass is 9.94. The second-order valence-electron chi connectivity index (χ2n) is 4.64. The summed E-state index contributed by atoms with van der Waals surface area (Å²) in [7, 11) is 0. The van der Waals surface area contributed by atoms with Gasteiger partial charge in [0.05, 0.1) is 11.7 Å². The van der Waals surface area contributed by atoms with E-state index in [1.54, 1.807) is 6.07 Å². The number of nitrogens with one attached hydrogen (secondary N) is 1. The molecule has 2 aromatic carbocycles. The SMILES string of the molecule is C=C[C@H](C)[C@@H](Nc1ccccc1O)c1ccccc1. The lowest BCUT2D eigenvalue weighted by Crippen LogP contribution is -2.17. The van der Waals surface area contributed by atoms with Crippen molar-refractivity contribution in [1.29, 1.82) is 0 Å². The molecule has 2 atom stereocenters. The molecule has 0 heterocycles. The summed E-state index contributed by atoms with van der Waals surface area (Å²) in [5.41, 5.74) is 1.92. The fourth-order valence-electron chi connectivity index (χ4n) is 2.08. The largest absolute Gasteiger partial charge is 0.506 e. The van der Waals surface area contributed by atoms with E-state index in [-0.39, 0.29) is 17.7 Å². The average molecular weight is 253 g/mol. The van der Waals surface area contributed by atoms with Gasteiger partial charge in [0, 0.05) is 0 Å². The predicted octanol–water partition coefficient (Wildman–Crippen LogP) is 4.37. The van der Waals surface area contributed by atoms with Crippen molar-refractivity contribution >= 4 is 5.69 Å². The molecule has 0 aromatic heterocycles. The number of rotatable bonds is 5. The van der Waals surface area contributed by atoms with Crippen LogP contribution in [0.3, 0.4) is 0 Å². The Hall–Kier alpha value is -2.22. The lowest BCUT2D eigenvalue weighted by Gasteiger charge is -2.25. The molecule has 19 heavy (non-hydrogen) atoms. The van der Waals surface area contributed by atoms with Crippen LogP contribution in [0.15, 0.2) is 67.3 Å². The highest BCUT2D eigenvalue weighted by atomic mass is 16.3. The van der Waals surface area contributed by atoms with Crippen molar-refractivity contribution in [2.24, 2.45) is 5.92 Å². The van der Waals surface area contributed by atoms with Crippen molar-refractivity contribution in [3.05, 3.63) is 72.8 Å². The van der Waals surface area contributed by atoms with Crippen molar-refractivity contribution in [2.45, 2.75) is 13.0 Å². The quantitative estimate of drug-likeness (QED) is 0.612. The van der Waals surface area contributed by atoms with E-state index in [0.29, 0.717) is 0 Å². The van der Waals surface area contributed by atoms with E-state index in [1.807, 2.05) is 42.5 Å². The zero-order valence-electron chi connectivity index (χ0n) is 11.1. The molecular formula is C17H19NO. The standard InChI is InChI=1S/C17H19NO/c1-3-13(2)17(14-9-5-4-6-10-14)18-15-11-7-8-12-16(15)19/h3-13,17-19H,1H2,2H3/t13-,17+/m0/s1. The molecule has 2 N–H and O–H groups in total. The first-order chi connectivity index (χ1) is 9.22. The van der Waals surface area contributed by atoms with E-state index < -0.39 is 0 Å². The van der Waals surface area contributed by atoms with E-state index in [1.165, 1.54) is 5.56 Å².